The molecule has 3 heterocycles. The molecule has 178 valence electrons. The van der Waals surface area contributed by atoms with Crippen molar-refractivity contribution in [3.8, 4) is 33.8 Å². The molecular weight excluding hydrogens is 444 g/mol. The number of aryl methyl sites for hydroxylation is 1. The van der Waals surface area contributed by atoms with Gasteiger partial charge in [0.2, 0.25) is 0 Å². The molecule has 36 heavy (non-hydrogen) atoms. The highest BCUT2D eigenvalue weighted by atomic mass is 15.1. The number of aromatic amines is 2. The Hall–Kier alpha value is -4.29. The van der Waals surface area contributed by atoms with Crippen LogP contribution in [0, 0.1) is 0 Å². The lowest BCUT2D eigenvalue weighted by Crippen LogP contribution is -2.11. The average molecular weight is 473 g/mol. The van der Waals surface area contributed by atoms with Gasteiger partial charge in [-0.15, -0.1) is 0 Å². The molecule has 0 spiro atoms. The second kappa shape index (κ2) is 9.40. The van der Waals surface area contributed by atoms with Crippen LogP contribution < -0.4 is 5.32 Å². The lowest BCUT2D eigenvalue weighted by molar-refractivity contribution is 0.726. The predicted molar refractivity (Wildman–Crippen MR) is 147 cm³/mol. The fourth-order valence-electron chi connectivity index (χ4n) is 4.79. The number of hydrogen-bond acceptors (Lipinski definition) is 4. The van der Waals surface area contributed by atoms with Gasteiger partial charge in [-0.3, -0.25) is 10.1 Å². The summed E-state index contributed by atoms with van der Waals surface area (Å²) in [6, 6.07) is 23.6. The fourth-order valence-corrected chi connectivity index (χ4v) is 4.79. The van der Waals surface area contributed by atoms with E-state index in [0.717, 1.165) is 64.1 Å². The third-order valence-corrected chi connectivity index (χ3v) is 6.66. The third-order valence-electron chi connectivity index (χ3n) is 6.66. The maximum Gasteiger partial charge on any atom is 0.159 e. The highest BCUT2D eigenvalue weighted by Crippen LogP contribution is 2.33. The molecule has 6 heteroatoms. The van der Waals surface area contributed by atoms with Crippen molar-refractivity contribution < 1.29 is 0 Å². The SMILES string of the molecule is CCNCc1cc(CC)cc(-c2ccc3[nH]nc(-c4nc5c(-c6ccncc6)cccc5[nH]4)c3c2)c1. The Morgan fingerprint density at radius 1 is 0.806 bits per heavy atom. The smallest absolute Gasteiger partial charge is 0.159 e. The number of hydrogen-bond donors (Lipinski definition) is 3. The molecule has 0 saturated heterocycles. The van der Waals surface area contributed by atoms with Gasteiger partial charge in [0.15, 0.2) is 5.82 Å². The first-order valence-corrected chi connectivity index (χ1v) is 12.4. The van der Waals surface area contributed by atoms with E-state index < -0.39 is 0 Å². The molecule has 0 aliphatic heterocycles. The van der Waals surface area contributed by atoms with Gasteiger partial charge >= 0.3 is 0 Å². The van der Waals surface area contributed by atoms with E-state index in [4.69, 9.17) is 4.98 Å². The Labute approximate surface area is 209 Å². The molecule has 3 aromatic carbocycles. The van der Waals surface area contributed by atoms with Crippen molar-refractivity contribution in [2.45, 2.75) is 26.8 Å². The van der Waals surface area contributed by atoms with Crippen molar-refractivity contribution in [3.63, 3.8) is 0 Å². The van der Waals surface area contributed by atoms with Crippen LogP contribution in [0.1, 0.15) is 25.0 Å². The summed E-state index contributed by atoms with van der Waals surface area (Å²) < 4.78 is 0. The van der Waals surface area contributed by atoms with Gasteiger partial charge in [-0.05, 0) is 77.2 Å². The lowest BCUT2D eigenvalue weighted by atomic mass is 9.97. The van der Waals surface area contributed by atoms with E-state index in [0.29, 0.717) is 0 Å². The monoisotopic (exact) mass is 472 g/mol. The number of nitrogens with one attached hydrogen (secondary N) is 3. The first kappa shape index (κ1) is 22.2. The molecule has 3 aromatic heterocycles. The number of H-pyrrole nitrogens is 2. The standard InChI is InChI=1S/C30H28N6/c1-3-19-14-20(18-31-4-2)16-23(15-19)22-8-9-26-25(17-22)29(36-35-26)30-33-27-7-5-6-24(28(27)34-30)21-10-12-32-13-11-21/h5-17,31H,3-4,18H2,1-2H3,(H,33,34)(H,35,36). The Morgan fingerprint density at radius 3 is 2.50 bits per heavy atom. The Balaban J connectivity index is 1.45. The normalized spacial score (nSPS) is 11.5. The topological polar surface area (TPSA) is 82.3 Å². The number of pyridine rings is 1. The van der Waals surface area contributed by atoms with Gasteiger partial charge in [0.1, 0.15) is 5.69 Å². The van der Waals surface area contributed by atoms with Crippen molar-refractivity contribution in [1.82, 2.24) is 30.5 Å². The zero-order valence-corrected chi connectivity index (χ0v) is 20.5. The Bertz CT molecular complexity index is 1660. The van der Waals surface area contributed by atoms with Crippen LogP contribution in [0.3, 0.4) is 0 Å². The van der Waals surface area contributed by atoms with Crippen LogP contribution in [-0.4, -0.2) is 31.7 Å². The summed E-state index contributed by atoms with van der Waals surface area (Å²) in [7, 11) is 0. The molecule has 0 saturated carbocycles. The van der Waals surface area contributed by atoms with Crippen molar-refractivity contribution >= 4 is 21.9 Å². The third kappa shape index (κ3) is 4.06. The summed E-state index contributed by atoms with van der Waals surface area (Å²) in [5.74, 6) is 0.755. The van der Waals surface area contributed by atoms with E-state index in [2.05, 4.69) is 87.9 Å². The van der Waals surface area contributed by atoms with Crippen LogP contribution in [-0.2, 0) is 13.0 Å². The van der Waals surface area contributed by atoms with Crippen molar-refractivity contribution in [3.05, 3.63) is 90.3 Å². The first-order valence-electron chi connectivity index (χ1n) is 12.4. The molecule has 0 aliphatic carbocycles. The molecule has 0 fully saturated rings. The van der Waals surface area contributed by atoms with Gasteiger partial charge < -0.3 is 10.3 Å². The minimum atomic E-state index is 0.755. The number of rotatable bonds is 7. The highest BCUT2D eigenvalue weighted by molar-refractivity contribution is 5.98. The van der Waals surface area contributed by atoms with Crippen LogP contribution in [0.4, 0.5) is 0 Å². The molecule has 3 N–H and O–H groups in total. The summed E-state index contributed by atoms with van der Waals surface area (Å²) in [4.78, 5) is 12.6. The summed E-state index contributed by atoms with van der Waals surface area (Å²) in [5, 5.41) is 12.3. The number of para-hydroxylation sites is 1. The zero-order chi connectivity index (χ0) is 24.5. The maximum atomic E-state index is 4.99. The Kier molecular flexibility index (Phi) is 5.79. The minimum Gasteiger partial charge on any atom is -0.337 e. The molecule has 6 nitrogen and oxygen atoms in total. The van der Waals surface area contributed by atoms with E-state index in [-0.39, 0.29) is 0 Å². The molecule has 0 amide bonds. The summed E-state index contributed by atoms with van der Waals surface area (Å²) in [6.07, 6.45) is 4.62. The average Bonchev–Trinajstić information content (AvgIpc) is 3.55. The number of imidazole rings is 1. The summed E-state index contributed by atoms with van der Waals surface area (Å²) in [5.41, 5.74) is 10.9. The van der Waals surface area contributed by atoms with Crippen LogP contribution >= 0.6 is 0 Å². The molecule has 0 bridgehead atoms. The predicted octanol–water partition coefficient (Wildman–Crippen LogP) is 6.51. The van der Waals surface area contributed by atoms with Gasteiger partial charge in [0.05, 0.1) is 16.6 Å². The largest absolute Gasteiger partial charge is 0.337 e. The summed E-state index contributed by atoms with van der Waals surface area (Å²) >= 11 is 0. The van der Waals surface area contributed by atoms with E-state index in [9.17, 15) is 0 Å². The van der Waals surface area contributed by atoms with Gasteiger partial charge in [0, 0.05) is 29.9 Å². The highest BCUT2D eigenvalue weighted by Gasteiger charge is 2.16. The molecular formula is C30H28N6. The van der Waals surface area contributed by atoms with E-state index >= 15 is 0 Å². The minimum absolute atomic E-state index is 0.755. The van der Waals surface area contributed by atoms with E-state index in [1.165, 1.54) is 22.3 Å². The molecule has 0 aliphatic rings. The van der Waals surface area contributed by atoms with Gasteiger partial charge in [-0.2, -0.15) is 5.10 Å². The van der Waals surface area contributed by atoms with Gasteiger partial charge in [-0.25, -0.2) is 4.98 Å². The molecule has 0 atom stereocenters. The molecule has 6 rings (SSSR count). The van der Waals surface area contributed by atoms with Crippen LogP contribution in [0.5, 0.6) is 0 Å². The maximum absolute atomic E-state index is 4.99. The van der Waals surface area contributed by atoms with Crippen molar-refractivity contribution in [2.24, 2.45) is 0 Å². The summed E-state index contributed by atoms with van der Waals surface area (Å²) in [6.45, 7) is 6.16. The quantitative estimate of drug-likeness (QED) is 0.247. The second-order valence-electron chi connectivity index (χ2n) is 9.03. The van der Waals surface area contributed by atoms with Crippen LogP contribution in [0.2, 0.25) is 0 Å². The van der Waals surface area contributed by atoms with E-state index in [1.54, 1.807) is 0 Å². The van der Waals surface area contributed by atoms with E-state index in [1.807, 2.05) is 30.6 Å². The number of nitrogens with zero attached hydrogens (tertiary/aromatic N) is 3. The molecule has 6 aromatic rings. The number of benzene rings is 3. The zero-order valence-electron chi connectivity index (χ0n) is 20.5. The second-order valence-corrected chi connectivity index (χ2v) is 9.03. The van der Waals surface area contributed by atoms with Gasteiger partial charge in [0.25, 0.3) is 0 Å². The fraction of sp³-hybridized carbons (Fsp3) is 0.167. The Morgan fingerprint density at radius 2 is 1.67 bits per heavy atom. The van der Waals surface area contributed by atoms with Crippen molar-refractivity contribution in [2.75, 3.05) is 6.54 Å². The van der Waals surface area contributed by atoms with Gasteiger partial charge in [-0.1, -0.05) is 44.2 Å². The molecule has 0 unspecified atom stereocenters. The number of aromatic nitrogens is 5. The first-order chi connectivity index (χ1) is 17.7. The van der Waals surface area contributed by atoms with Crippen molar-refractivity contribution in [1.29, 1.82) is 0 Å². The van der Waals surface area contributed by atoms with Crippen LogP contribution in [0.25, 0.3) is 55.7 Å². The lowest BCUT2D eigenvalue weighted by Gasteiger charge is -2.10. The van der Waals surface area contributed by atoms with Crippen LogP contribution in [0.15, 0.2) is 79.1 Å². The number of fused-ring (bicyclic) bond motifs is 2. The molecule has 0 radical (unpaired) electrons.